The number of carbonyl (C=O) groups excluding carboxylic acids is 1. The number of aliphatic hydroxyl groups is 1. The SMILES string of the molecule is COc1ccccc1CN1C(=O)C(O)=C(c2ccccc2)[C@@H]1c1ccccc1Br. The summed E-state index contributed by atoms with van der Waals surface area (Å²) in [6.07, 6.45) is 0. The normalized spacial score (nSPS) is 16.4. The molecular formula is C24H20BrNO3. The van der Waals surface area contributed by atoms with E-state index in [9.17, 15) is 9.90 Å². The van der Waals surface area contributed by atoms with Crippen LogP contribution in [0.25, 0.3) is 5.57 Å². The van der Waals surface area contributed by atoms with Crippen molar-refractivity contribution in [3.05, 3.63) is 106 Å². The Morgan fingerprint density at radius 2 is 1.62 bits per heavy atom. The first-order valence-electron chi connectivity index (χ1n) is 9.27. The van der Waals surface area contributed by atoms with E-state index in [2.05, 4.69) is 15.9 Å². The highest BCUT2D eigenvalue weighted by atomic mass is 79.9. The van der Waals surface area contributed by atoms with Gasteiger partial charge in [0.05, 0.1) is 19.7 Å². The van der Waals surface area contributed by atoms with Gasteiger partial charge in [0.25, 0.3) is 5.91 Å². The van der Waals surface area contributed by atoms with Crippen LogP contribution in [0.15, 0.2) is 89.1 Å². The van der Waals surface area contributed by atoms with Crippen LogP contribution in [0.1, 0.15) is 22.7 Å². The predicted molar refractivity (Wildman–Crippen MR) is 116 cm³/mol. The van der Waals surface area contributed by atoms with Crippen LogP contribution in [0, 0.1) is 0 Å². The zero-order valence-corrected chi connectivity index (χ0v) is 17.5. The summed E-state index contributed by atoms with van der Waals surface area (Å²) in [6.45, 7) is 0.315. The van der Waals surface area contributed by atoms with Crippen LogP contribution in [0.2, 0.25) is 0 Å². The summed E-state index contributed by atoms with van der Waals surface area (Å²) < 4.78 is 6.35. The molecule has 1 amide bonds. The molecule has 0 radical (unpaired) electrons. The average molecular weight is 450 g/mol. The summed E-state index contributed by atoms with van der Waals surface area (Å²) in [7, 11) is 1.61. The summed E-state index contributed by atoms with van der Waals surface area (Å²) in [5, 5.41) is 10.9. The van der Waals surface area contributed by atoms with E-state index < -0.39 is 11.9 Å². The smallest absolute Gasteiger partial charge is 0.290 e. The number of nitrogens with zero attached hydrogens (tertiary/aromatic N) is 1. The van der Waals surface area contributed by atoms with E-state index in [0.29, 0.717) is 17.9 Å². The lowest BCUT2D eigenvalue weighted by Gasteiger charge is -2.28. The number of amides is 1. The highest BCUT2D eigenvalue weighted by molar-refractivity contribution is 9.10. The number of carbonyl (C=O) groups is 1. The Morgan fingerprint density at radius 1 is 0.966 bits per heavy atom. The third-order valence-electron chi connectivity index (χ3n) is 5.12. The minimum absolute atomic E-state index is 0.216. The zero-order valence-electron chi connectivity index (χ0n) is 15.9. The molecular weight excluding hydrogens is 430 g/mol. The second kappa shape index (κ2) is 8.13. The second-order valence-electron chi connectivity index (χ2n) is 6.80. The quantitative estimate of drug-likeness (QED) is 0.558. The maximum absolute atomic E-state index is 13.1. The van der Waals surface area contributed by atoms with Crippen LogP contribution in [0.3, 0.4) is 0 Å². The van der Waals surface area contributed by atoms with Gasteiger partial charge in [0.2, 0.25) is 0 Å². The van der Waals surface area contributed by atoms with Crippen molar-refractivity contribution in [2.45, 2.75) is 12.6 Å². The molecule has 29 heavy (non-hydrogen) atoms. The van der Waals surface area contributed by atoms with Gasteiger partial charge in [-0.25, -0.2) is 0 Å². The van der Waals surface area contributed by atoms with Crippen molar-refractivity contribution in [3.63, 3.8) is 0 Å². The van der Waals surface area contributed by atoms with Crippen LogP contribution >= 0.6 is 15.9 Å². The van der Waals surface area contributed by atoms with Gasteiger partial charge in [-0.3, -0.25) is 4.79 Å². The van der Waals surface area contributed by atoms with Crippen molar-refractivity contribution in [3.8, 4) is 5.75 Å². The second-order valence-corrected chi connectivity index (χ2v) is 7.65. The zero-order chi connectivity index (χ0) is 20.4. The Hall–Kier alpha value is -3.05. The number of hydrogen-bond donors (Lipinski definition) is 1. The molecule has 0 saturated heterocycles. The lowest BCUT2D eigenvalue weighted by Crippen LogP contribution is -2.30. The fraction of sp³-hybridized carbons (Fsp3) is 0.125. The van der Waals surface area contributed by atoms with E-state index in [0.717, 1.165) is 21.2 Å². The van der Waals surface area contributed by atoms with Crippen molar-refractivity contribution >= 4 is 27.4 Å². The summed E-state index contributed by atoms with van der Waals surface area (Å²) in [4.78, 5) is 14.8. The lowest BCUT2D eigenvalue weighted by atomic mass is 9.93. The van der Waals surface area contributed by atoms with E-state index in [-0.39, 0.29) is 5.76 Å². The Kier molecular flexibility index (Phi) is 5.41. The molecule has 0 spiro atoms. The number of methoxy groups -OCH3 is 1. The molecule has 1 aliphatic heterocycles. The number of aliphatic hydroxyl groups excluding tert-OH is 1. The molecule has 0 aliphatic carbocycles. The van der Waals surface area contributed by atoms with Gasteiger partial charge in [0.1, 0.15) is 5.75 Å². The lowest BCUT2D eigenvalue weighted by molar-refractivity contribution is -0.130. The minimum atomic E-state index is -0.426. The molecule has 3 aromatic carbocycles. The van der Waals surface area contributed by atoms with Gasteiger partial charge in [0.15, 0.2) is 5.76 Å². The van der Waals surface area contributed by atoms with E-state index in [4.69, 9.17) is 4.74 Å². The van der Waals surface area contributed by atoms with Crippen LogP contribution in [-0.4, -0.2) is 23.0 Å². The summed E-state index contributed by atoms with van der Waals surface area (Å²) >= 11 is 3.62. The highest BCUT2D eigenvalue weighted by Gasteiger charge is 2.41. The summed E-state index contributed by atoms with van der Waals surface area (Å²) in [5.74, 6) is 0.0983. The third kappa shape index (κ3) is 3.54. The molecule has 1 heterocycles. The van der Waals surface area contributed by atoms with Gasteiger partial charge in [-0.1, -0.05) is 82.7 Å². The number of hydrogen-bond acceptors (Lipinski definition) is 3. The van der Waals surface area contributed by atoms with E-state index >= 15 is 0 Å². The van der Waals surface area contributed by atoms with E-state index in [1.807, 2.05) is 78.9 Å². The van der Waals surface area contributed by atoms with Gasteiger partial charge in [-0.2, -0.15) is 0 Å². The Morgan fingerprint density at radius 3 is 2.34 bits per heavy atom. The van der Waals surface area contributed by atoms with Crippen LogP contribution in [-0.2, 0) is 11.3 Å². The van der Waals surface area contributed by atoms with E-state index in [1.54, 1.807) is 12.0 Å². The molecule has 146 valence electrons. The van der Waals surface area contributed by atoms with Crippen LogP contribution in [0.4, 0.5) is 0 Å². The first kappa shape index (κ1) is 19.3. The number of rotatable bonds is 5. The fourth-order valence-electron chi connectivity index (χ4n) is 3.77. The molecule has 1 aliphatic rings. The van der Waals surface area contributed by atoms with Gasteiger partial charge >= 0.3 is 0 Å². The first-order chi connectivity index (χ1) is 14.1. The largest absolute Gasteiger partial charge is 0.503 e. The molecule has 0 fully saturated rings. The number of halogens is 1. The van der Waals surface area contributed by atoms with Crippen LogP contribution < -0.4 is 4.74 Å². The van der Waals surface area contributed by atoms with Gasteiger partial charge in [0, 0.05) is 15.6 Å². The Balaban J connectivity index is 1.85. The molecule has 0 aromatic heterocycles. The van der Waals surface area contributed by atoms with Crippen molar-refractivity contribution in [2.24, 2.45) is 0 Å². The van der Waals surface area contributed by atoms with Gasteiger partial charge in [-0.15, -0.1) is 0 Å². The van der Waals surface area contributed by atoms with Gasteiger partial charge in [-0.05, 0) is 23.3 Å². The van der Waals surface area contributed by atoms with Crippen molar-refractivity contribution < 1.29 is 14.6 Å². The van der Waals surface area contributed by atoms with Crippen molar-refractivity contribution in [1.29, 1.82) is 0 Å². The fourth-order valence-corrected chi connectivity index (χ4v) is 4.27. The molecule has 3 aromatic rings. The molecule has 5 heteroatoms. The summed E-state index contributed by atoms with van der Waals surface area (Å²) in [5.41, 5.74) is 3.22. The van der Waals surface area contributed by atoms with E-state index in [1.165, 1.54) is 0 Å². The topological polar surface area (TPSA) is 49.8 Å². The molecule has 4 rings (SSSR count). The Bertz CT molecular complexity index is 1080. The molecule has 4 nitrogen and oxygen atoms in total. The number of para-hydroxylation sites is 1. The first-order valence-corrected chi connectivity index (χ1v) is 10.1. The average Bonchev–Trinajstić information content (AvgIpc) is 3.00. The molecule has 0 saturated carbocycles. The monoisotopic (exact) mass is 449 g/mol. The van der Waals surface area contributed by atoms with Crippen LogP contribution in [0.5, 0.6) is 5.75 Å². The maximum Gasteiger partial charge on any atom is 0.290 e. The highest BCUT2D eigenvalue weighted by Crippen LogP contribution is 2.46. The minimum Gasteiger partial charge on any atom is -0.503 e. The summed E-state index contributed by atoms with van der Waals surface area (Å²) in [6, 6.07) is 24.5. The molecule has 1 atom stereocenters. The molecule has 1 N–H and O–H groups in total. The maximum atomic E-state index is 13.1. The number of ether oxygens (including phenoxy) is 1. The van der Waals surface area contributed by atoms with Gasteiger partial charge < -0.3 is 14.7 Å². The number of benzene rings is 3. The Labute approximate surface area is 178 Å². The predicted octanol–water partition coefficient (Wildman–Crippen LogP) is 5.51. The molecule has 0 unspecified atom stereocenters. The third-order valence-corrected chi connectivity index (χ3v) is 5.84. The standard InChI is InChI=1S/C24H20BrNO3/c1-29-20-14-8-5-11-17(20)15-26-22(18-12-6-7-13-19(18)25)21(23(27)24(26)28)16-9-3-2-4-10-16/h2-14,22,27H,15H2,1H3/t22-/m0/s1. The van der Waals surface area contributed by atoms with Crippen molar-refractivity contribution in [2.75, 3.05) is 7.11 Å². The molecule has 0 bridgehead atoms. The van der Waals surface area contributed by atoms with Crippen molar-refractivity contribution in [1.82, 2.24) is 4.90 Å².